The van der Waals surface area contributed by atoms with Crippen molar-refractivity contribution in [3.63, 3.8) is 0 Å². The Bertz CT molecular complexity index is 226. The van der Waals surface area contributed by atoms with E-state index in [1.807, 2.05) is 0 Å². The lowest BCUT2D eigenvalue weighted by atomic mass is 9.70. The van der Waals surface area contributed by atoms with E-state index in [2.05, 4.69) is 6.92 Å². The molecule has 17 heavy (non-hydrogen) atoms. The zero-order valence-electron chi connectivity index (χ0n) is 11.6. The second-order valence-corrected chi connectivity index (χ2v) is 6.62. The maximum Gasteiger partial charge on any atom is 0.0490 e. The predicted molar refractivity (Wildman–Crippen MR) is 73.0 cm³/mol. The third kappa shape index (κ3) is 3.05. The summed E-state index contributed by atoms with van der Waals surface area (Å²) in [6.07, 6.45) is 15.2. The standard InChI is InChI=1S/C16H30O/c1-2-3-4-5-6-7-10-16(13-17)12-14-8-9-15(16)11-14/h14-15,17H,2-13H2,1H3. The van der Waals surface area contributed by atoms with Gasteiger partial charge in [0.2, 0.25) is 0 Å². The van der Waals surface area contributed by atoms with Crippen LogP contribution in [0.2, 0.25) is 0 Å². The third-order valence-electron chi connectivity index (χ3n) is 5.45. The zero-order chi connectivity index (χ0) is 12.1. The summed E-state index contributed by atoms with van der Waals surface area (Å²) in [5.74, 6) is 1.83. The number of aliphatic hydroxyl groups is 1. The zero-order valence-corrected chi connectivity index (χ0v) is 11.6. The molecule has 0 aromatic rings. The van der Waals surface area contributed by atoms with Crippen LogP contribution in [0.25, 0.3) is 0 Å². The van der Waals surface area contributed by atoms with E-state index in [0.717, 1.165) is 11.8 Å². The molecule has 100 valence electrons. The highest BCUT2D eigenvalue weighted by Gasteiger charge is 2.49. The second-order valence-electron chi connectivity index (χ2n) is 6.62. The van der Waals surface area contributed by atoms with Gasteiger partial charge in [-0.3, -0.25) is 0 Å². The quantitative estimate of drug-likeness (QED) is 0.616. The highest BCUT2D eigenvalue weighted by atomic mass is 16.3. The lowest BCUT2D eigenvalue weighted by molar-refractivity contribution is 0.0536. The van der Waals surface area contributed by atoms with Gasteiger partial charge in [0.05, 0.1) is 0 Å². The molecule has 3 atom stereocenters. The molecule has 1 N–H and O–H groups in total. The van der Waals surface area contributed by atoms with Crippen LogP contribution >= 0.6 is 0 Å². The van der Waals surface area contributed by atoms with Gasteiger partial charge in [0.15, 0.2) is 0 Å². The molecule has 0 aliphatic heterocycles. The lowest BCUT2D eigenvalue weighted by Gasteiger charge is -2.36. The van der Waals surface area contributed by atoms with E-state index in [1.54, 1.807) is 0 Å². The summed E-state index contributed by atoms with van der Waals surface area (Å²) in [7, 11) is 0. The van der Waals surface area contributed by atoms with Crippen LogP contribution in [-0.2, 0) is 0 Å². The fourth-order valence-electron chi connectivity index (χ4n) is 4.39. The van der Waals surface area contributed by atoms with E-state index in [9.17, 15) is 5.11 Å². The molecule has 3 unspecified atom stereocenters. The summed E-state index contributed by atoms with van der Waals surface area (Å²) in [5, 5.41) is 9.78. The van der Waals surface area contributed by atoms with Crippen molar-refractivity contribution in [1.29, 1.82) is 0 Å². The first-order valence-corrected chi connectivity index (χ1v) is 7.91. The largest absolute Gasteiger partial charge is 0.396 e. The van der Waals surface area contributed by atoms with Gasteiger partial charge in [0.25, 0.3) is 0 Å². The summed E-state index contributed by atoms with van der Waals surface area (Å²) < 4.78 is 0. The lowest BCUT2D eigenvalue weighted by Crippen LogP contribution is -2.31. The van der Waals surface area contributed by atoms with E-state index in [1.165, 1.54) is 70.6 Å². The van der Waals surface area contributed by atoms with E-state index in [-0.39, 0.29) is 0 Å². The van der Waals surface area contributed by atoms with Gasteiger partial charge in [-0.05, 0) is 42.9 Å². The Labute approximate surface area is 107 Å². The Balaban J connectivity index is 1.66. The number of rotatable bonds is 8. The van der Waals surface area contributed by atoms with Crippen molar-refractivity contribution in [3.05, 3.63) is 0 Å². The summed E-state index contributed by atoms with van der Waals surface area (Å²) in [6.45, 7) is 2.74. The van der Waals surface area contributed by atoms with Crippen molar-refractivity contribution in [3.8, 4) is 0 Å². The van der Waals surface area contributed by atoms with Crippen LogP contribution in [0.3, 0.4) is 0 Å². The molecule has 2 fully saturated rings. The van der Waals surface area contributed by atoms with Crippen LogP contribution in [0.4, 0.5) is 0 Å². The van der Waals surface area contributed by atoms with E-state index in [4.69, 9.17) is 0 Å². The van der Waals surface area contributed by atoms with Gasteiger partial charge < -0.3 is 5.11 Å². The SMILES string of the molecule is CCCCCCCCC1(CO)CC2CCC1C2. The van der Waals surface area contributed by atoms with E-state index < -0.39 is 0 Å². The van der Waals surface area contributed by atoms with Crippen LogP contribution in [0.15, 0.2) is 0 Å². The molecular weight excluding hydrogens is 208 g/mol. The minimum absolute atomic E-state index is 0.355. The van der Waals surface area contributed by atoms with Crippen molar-refractivity contribution in [2.75, 3.05) is 6.61 Å². The number of fused-ring (bicyclic) bond motifs is 2. The minimum atomic E-state index is 0.355. The summed E-state index contributed by atoms with van der Waals surface area (Å²) >= 11 is 0. The molecular formula is C16H30O. The van der Waals surface area contributed by atoms with Crippen molar-refractivity contribution in [1.82, 2.24) is 0 Å². The van der Waals surface area contributed by atoms with Crippen molar-refractivity contribution in [2.24, 2.45) is 17.3 Å². The number of aliphatic hydroxyl groups excluding tert-OH is 1. The molecule has 0 radical (unpaired) electrons. The second kappa shape index (κ2) is 6.22. The fraction of sp³-hybridized carbons (Fsp3) is 1.00. The Morgan fingerprint density at radius 1 is 1.06 bits per heavy atom. The van der Waals surface area contributed by atoms with Crippen LogP contribution in [0.5, 0.6) is 0 Å². The van der Waals surface area contributed by atoms with Crippen LogP contribution in [0, 0.1) is 17.3 Å². The molecule has 2 aliphatic rings. The first-order chi connectivity index (χ1) is 8.30. The van der Waals surface area contributed by atoms with E-state index in [0.29, 0.717) is 12.0 Å². The average Bonchev–Trinajstić information content (AvgIpc) is 2.94. The molecule has 2 rings (SSSR count). The molecule has 1 nitrogen and oxygen atoms in total. The Kier molecular flexibility index (Phi) is 4.90. The summed E-state index contributed by atoms with van der Waals surface area (Å²) in [4.78, 5) is 0. The van der Waals surface area contributed by atoms with Gasteiger partial charge in [-0.15, -0.1) is 0 Å². The molecule has 2 bridgehead atoms. The molecule has 0 amide bonds. The van der Waals surface area contributed by atoms with Crippen LogP contribution in [-0.4, -0.2) is 11.7 Å². The van der Waals surface area contributed by atoms with E-state index >= 15 is 0 Å². The number of unbranched alkanes of at least 4 members (excludes halogenated alkanes) is 5. The normalized spacial score (nSPS) is 35.6. The number of hydrogen-bond donors (Lipinski definition) is 1. The molecule has 2 saturated carbocycles. The molecule has 0 heterocycles. The average molecular weight is 238 g/mol. The maximum atomic E-state index is 9.78. The van der Waals surface area contributed by atoms with Gasteiger partial charge in [0.1, 0.15) is 0 Å². The van der Waals surface area contributed by atoms with Gasteiger partial charge in [-0.1, -0.05) is 51.9 Å². The highest BCUT2D eigenvalue weighted by Crippen LogP contribution is 2.57. The molecule has 1 heteroatoms. The Morgan fingerprint density at radius 3 is 2.41 bits per heavy atom. The first-order valence-electron chi connectivity index (χ1n) is 7.91. The topological polar surface area (TPSA) is 20.2 Å². The Hall–Kier alpha value is -0.0400. The molecule has 0 aromatic heterocycles. The highest BCUT2D eigenvalue weighted by molar-refractivity contribution is 4.99. The minimum Gasteiger partial charge on any atom is -0.396 e. The molecule has 0 aromatic carbocycles. The molecule has 0 spiro atoms. The monoisotopic (exact) mass is 238 g/mol. The third-order valence-corrected chi connectivity index (χ3v) is 5.45. The van der Waals surface area contributed by atoms with Gasteiger partial charge in [-0.25, -0.2) is 0 Å². The predicted octanol–water partition coefficient (Wildman–Crippen LogP) is 4.54. The smallest absolute Gasteiger partial charge is 0.0490 e. The van der Waals surface area contributed by atoms with Gasteiger partial charge in [-0.2, -0.15) is 0 Å². The molecule has 0 saturated heterocycles. The van der Waals surface area contributed by atoms with Crippen LogP contribution < -0.4 is 0 Å². The maximum absolute atomic E-state index is 9.78. The van der Waals surface area contributed by atoms with Gasteiger partial charge in [0, 0.05) is 6.61 Å². The number of hydrogen-bond acceptors (Lipinski definition) is 1. The molecule has 2 aliphatic carbocycles. The van der Waals surface area contributed by atoms with Gasteiger partial charge >= 0.3 is 0 Å². The first kappa shape index (κ1) is 13.4. The summed E-state index contributed by atoms with van der Waals surface area (Å²) in [6, 6.07) is 0. The van der Waals surface area contributed by atoms with Crippen molar-refractivity contribution in [2.45, 2.75) is 77.6 Å². The summed E-state index contributed by atoms with van der Waals surface area (Å²) in [5.41, 5.74) is 0.355. The fourth-order valence-corrected chi connectivity index (χ4v) is 4.39. The van der Waals surface area contributed by atoms with Crippen LogP contribution in [0.1, 0.15) is 77.6 Å². The van der Waals surface area contributed by atoms with Crippen molar-refractivity contribution >= 4 is 0 Å². The van der Waals surface area contributed by atoms with Crippen molar-refractivity contribution < 1.29 is 5.11 Å². The Morgan fingerprint density at radius 2 is 1.82 bits per heavy atom.